The first kappa shape index (κ1) is 15.6. The summed E-state index contributed by atoms with van der Waals surface area (Å²) in [5.41, 5.74) is 7.94. The van der Waals surface area contributed by atoms with E-state index in [0.29, 0.717) is 12.8 Å². The van der Waals surface area contributed by atoms with Gasteiger partial charge in [0, 0.05) is 25.2 Å². The number of hydrogen-bond acceptors (Lipinski definition) is 3. The van der Waals surface area contributed by atoms with E-state index >= 15 is 0 Å². The van der Waals surface area contributed by atoms with Crippen LogP contribution >= 0.6 is 0 Å². The second kappa shape index (κ2) is 6.66. The Morgan fingerprint density at radius 2 is 2.11 bits per heavy atom. The molecule has 19 heavy (non-hydrogen) atoms. The average molecular weight is 264 g/mol. The Bertz CT molecular complexity index is 505. The van der Waals surface area contributed by atoms with Crippen LogP contribution in [0.3, 0.4) is 0 Å². The molecule has 0 aliphatic rings. The molecular formula is C15H24N2O2. The number of nitrogens with zero attached hydrogens (tertiary/aromatic N) is 1. The van der Waals surface area contributed by atoms with E-state index in [9.17, 15) is 9.59 Å². The molecule has 2 atom stereocenters. The second-order valence-corrected chi connectivity index (χ2v) is 5.29. The molecule has 0 spiro atoms. The summed E-state index contributed by atoms with van der Waals surface area (Å²) in [7, 11) is 1.73. The van der Waals surface area contributed by atoms with Gasteiger partial charge in [0.25, 0.3) is 5.56 Å². The van der Waals surface area contributed by atoms with Crippen molar-refractivity contribution >= 4 is 5.78 Å². The average Bonchev–Trinajstić information content (AvgIpc) is 2.39. The van der Waals surface area contributed by atoms with E-state index in [1.807, 2.05) is 27.0 Å². The number of carbonyl (C=O) groups is 1. The Morgan fingerprint density at radius 1 is 1.47 bits per heavy atom. The Balaban J connectivity index is 2.70. The summed E-state index contributed by atoms with van der Waals surface area (Å²) in [5, 5.41) is 0. The van der Waals surface area contributed by atoms with Crippen molar-refractivity contribution in [2.24, 2.45) is 18.7 Å². The van der Waals surface area contributed by atoms with E-state index in [4.69, 9.17) is 5.73 Å². The van der Waals surface area contributed by atoms with Gasteiger partial charge in [-0.15, -0.1) is 0 Å². The third kappa shape index (κ3) is 4.03. The minimum Gasteiger partial charge on any atom is -0.321 e. The highest BCUT2D eigenvalue weighted by Gasteiger charge is 2.19. The highest BCUT2D eigenvalue weighted by Crippen LogP contribution is 2.11. The van der Waals surface area contributed by atoms with E-state index in [0.717, 1.165) is 17.5 Å². The molecule has 2 N–H and O–H groups in total. The van der Waals surface area contributed by atoms with Crippen molar-refractivity contribution in [3.63, 3.8) is 0 Å². The molecule has 1 aromatic heterocycles. The van der Waals surface area contributed by atoms with E-state index in [1.165, 1.54) is 0 Å². The second-order valence-electron chi connectivity index (χ2n) is 5.29. The van der Waals surface area contributed by atoms with Crippen molar-refractivity contribution in [1.82, 2.24) is 4.57 Å². The zero-order valence-electron chi connectivity index (χ0n) is 12.3. The molecule has 1 rings (SSSR count). The number of hydrogen-bond donors (Lipinski definition) is 1. The number of carbonyl (C=O) groups excluding carboxylic acids is 1. The van der Waals surface area contributed by atoms with Crippen LogP contribution in [0.5, 0.6) is 0 Å². The molecular weight excluding hydrogens is 240 g/mol. The van der Waals surface area contributed by atoms with Gasteiger partial charge in [-0.3, -0.25) is 9.59 Å². The number of ketones is 1. The molecule has 0 aliphatic carbocycles. The van der Waals surface area contributed by atoms with Crippen LogP contribution in [0.4, 0.5) is 0 Å². The molecule has 0 radical (unpaired) electrons. The lowest BCUT2D eigenvalue weighted by atomic mass is 9.93. The first-order chi connectivity index (χ1) is 8.86. The molecule has 1 aromatic rings. The zero-order valence-corrected chi connectivity index (χ0v) is 12.3. The Labute approximate surface area is 114 Å². The lowest BCUT2D eigenvalue weighted by Crippen LogP contribution is -2.35. The third-order valence-electron chi connectivity index (χ3n) is 3.73. The molecule has 0 bridgehead atoms. The summed E-state index contributed by atoms with van der Waals surface area (Å²) in [6, 6.07) is 1.20. The van der Waals surface area contributed by atoms with E-state index < -0.39 is 6.04 Å². The summed E-state index contributed by atoms with van der Waals surface area (Å²) in [6.07, 6.45) is 3.90. The largest absolute Gasteiger partial charge is 0.321 e. The van der Waals surface area contributed by atoms with Crippen molar-refractivity contribution in [2.75, 3.05) is 0 Å². The van der Waals surface area contributed by atoms with Crippen LogP contribution in [0.15, 0.2) is 17.1 Å². The molecule has 2 unspecified atom stereocenters. The minimum atomic E-state index is -0.432. The van der Waals surface area contributed by atoms with Gasteiger partial charge in [0.15, 0.2) is 5.78 Å². The number of aromatic nitrogens is 1. The van der Waals surface area contributed by atoms with Crippen molar-refractivity contribution in [3.05, 3.63) is 33.7 Å². The number of aryl methyl sites for hydroxylation is 3. The topological polar surface area (TPSA) is 65.1 Å². The van der Waals surface area contributed by atoms with Crippen LogP contribution in [0, 0.1) is 12.8 Å². The molecule has 106 valence electrons. The van der Waals surface area contributed by atoms with Crippen molar-refractivity contribution in [2.45, 2.75) is 46.1 Å². The Hall–Kier alpha value is -1.42. The fourth-order valence-corrected chi connectivity index (χ4v) is 2.09. The predicted molar refractivity (Wildman–Crippen MR) is 77.2 cm³/mol. The van der Waals surface area contributed by atoms with Crippen molar-refractivity contribution in [1.29, 1.82) is 0 Å². The van der Waals surface area contributed by atoms with Crippen LogP contribution in [-0.4, -0.2) is 16.4 Å². The van der Waals surface area contributed by atoms with Crippen LogP contribution in [-0.2, 0) is 18.3 Å². The lowest BCUT2D eigenvalue weighted by Gasteiger charge is -2.15. The van der Waals surface area contributed by atoms with Crippen LogP contribution < -0.4 is 11.3 Å². The van der Waals surface area contributed by atoms with E-state index in [2.05, 4.69) is 0 Å². The first-order valence-corrected chi connectivity index (χ1v) is 6.82. The Morgan fingerprint density at radius 3 is 2.68 bits per heavy atom. The van der Waals surface area contributed by atoms with Gasteiger partial charge in [-0.2, -0.15) is 0 Å². The summed E-state index contributed by atoms with van der Waals surface area (Å²) in [4.78, 5) is 23.5. The number of pyridine rings is 1. The van der Waals surface area contributed by atoms with Gasteiger partial charge in [-0.1, -0.05) is 13.8 Å². The van der Waals surface area contributed by atoms with Gasteiger partial charge in [0.05, 0.1) is 6.04 Å². The number of rotatable bonds is 6. The maximum atomic E-state index is 11.9. The van der Waals surface area contributed by atoms with Crippen LogP contribution in [0.25, 0.3) is 0 Å². The molecule has 0 saturated carbocycles. The summed E-state index contributed by atoms with van der Waals surface area (Å²) < 4.78 is 1.56. The maximum Gasteiger partial charge on any atom is 0.250 e. The van der Waals surface area contributed by atoms with E-state index in [1.54, 1.807) is 17.7 Å². The minimum absolute atomic E-state index is 0.0136. The summed E-state index contributed by atoms with van der Waals surface area (Å²) in [5.74, 6) is 0.128. The van der Waals surface area contributed by atoms with Gasteiger partial charge >= 0.3 is 0 Å². The normalized spacial score (nSPS) is 14.2. The van der Waals surface area contributed by atoms with E-state index in [-0.39, 0.29) is 17.3 Å². The van der Waals surface area contributed by atoms with Gasteiger partial charge in [-0.05, 0) is 37.3 Å². The lowest BCUT2D eigenvalue weighted by molar-refractivity contribution is -0.123. The SMILES string of the molecule is CCC(C)C(=O)C(N)CCc1cc(=O)n(C)cc1C. The maximum absolute atomic E-state index is 11.9. The summed E-state index contributed by atoms with van der Waals surface area (Å²) >= 11 is 0. The standard InChI is InChI=1S/C15H24N2O2/c1-5-10(2)15(19)13(16)7-6-12-8-14(18)17(4)9-11(12)3/h8-10,13H,5-7,16H2,1-4H3. The molecule has 0 saturated heterocycles. The molecule has 0 aliphatic heterocycles. The van der Waals surface area contributed by atoms with Gasteiger partial charge < -0.3 is 10.3 Å². The number of nitrogens with two attached hydrogens (primary N) is 1. The number of Topliss-reactive ketones (excluding diaryl/α,β-unsaturated/α-hetero) is 1. The summed E-state index contributed by atoms with van der Waals surface area (Å²) in [6.45, 7) is 5.86. The molecule has 0 aromatic carbocycles. The molecule has 4 heteroatoms. The smallest absolute Gasteiger partial charge is 0.250 e. The van der Waals surface area contributed by atoms with Crippen LogP contribution in [0.2, 0.25) is 0 Å². The first-order valence-electron chi connectivity index (χ1n) is 6.82. The van der Waals surface area contributed by atoms with Gasteiger partial charge in [-0.25, -0.2) is 0 Å². The molecule has 0 fully saturated rings. The fraction of sp³-hybridized carbons (Fsp3) is 0.600. The van der Waals surface area contributed by atoms with Gasteiger partial charge in [0.2, 0.25) is 0 Å². The monoisotopic (exact) mass is 264 g/mol. The highest BCUT2D eigenvalue weighted by atomic mass is 16.1. The highest BCUT2D eigenvalue weighted by molar-refractivity contribution is 5.85. The molecule has 0 amide bonds. The predicted octanol–water partition coefficient (Wildman–Crippen LogP) is 1.57. The molecule has 4 nitrogen and oxygen atoms in total. The zero-order chi connectivity index (χ0) is 14.6. The van der Waals surface area contributed by atoms with Crippen molar-refractivity contribution < 1.29 is 4.79 Å². The quantitative estimate of drug-likeness (QED) is 0.848. The van der Waals surface area contributed by atoms with Crippen LogP contribution in [0.1, 0.15) is 37.8 Å². The van der Waals surface area contributed by atoms with Crippen molar-refractivity contribution in [3.8, 4) is 0 Å². The third-order valence-corrected chi connectivity index (χ3v) is 3.73. The Kier molecular flexibility index (Phi) is 5.48. The van der Waals surface area contributed by atoms with Gasteiger partial charge in [0.1, 0.15) is 0 Å². The molecule has 1 heterocycles. The fourth-order valence-electron chi connectivity index (χ4n) is 2.09.